The molecule has 1 atom stereocenters. The molecule has 20 heavy (non-hydrogen) atoms. The van der Waals surface area contributed by atoms with E-state index >= 15 is 0 Å². The average Bonchev–Trinajstić information content (AvgIpc) is 2.46. The third kappa shape index (κ3) is 3.92. The van der Waals surface area contributed by atoms with Gasteiger partial charge in [0.15, 0.2) is 5.78 Å². The first-order chi connectivity index (χ1) is 9.09. The van der Waals surface area contributed by atoms with E-state index in [0.29, 0.717) is 16.7 Å². The van der Waals surface area contributed by atoms with Crippen molar-refractivity contribution in [2.45, 2.75) is 12.8 Å². The minimum absolute atomic E-state index is 0. The summed E-state index contributed by atoms with van der Waals surface area (Å²) in [5.74, 6) is -1.62. The summed E-state index contributed by atoms with van der Waals surface area (Å²) in [5.41, 5.74) is 1.74. The van der Waals surface area contributed by atoms with E-state index in [0.717, 1.165) is 0 Å². The number of hydrogen-bond acceptors (Lipinski definition) is 2. The number of hydrogen-bond donors (Lipinski definition) is 1. The predicted octanol–water partition coefficient (Wildman–Crippen LogP) is 2.72. The molecule has 0 fully saturated rings. The Balaban J connectivity index is 0.00000200. The number of ketones is 1. The Bertz CT molecular complexity index is 608. The summed E-state index contributed by atoms with van der Waals surface area (Å²) in [7, 11) is 0. The number of carboxylic acids is 1. The summed E-state index contributed by atoms with van der Waals surface area (Å²) in [6.07, 6.45) is 0. The van der Waals surface area contributed by atoms with Crippen molar-refractivity contribution >= 4 is 49.5 Å². The first-order valence-corrected chi connectivity index (χ1v) is 6.02. The number of benzene rings is 2. The third-order valence-corrected chi connectivity index (χ3v) is 3.06. The first-order valence-electron chi connectivity index (χ1n) is 6.02. The number of carbonyl (C=O) groups is 2. The van der Waals surface area contributed by atoms with E-state index in [1.807, 2.05) is 6.07 Å². The molecule has 0 bridgehead atoms. The molecule has 0 aliphatic heterocycles. The average molecular weight is 294 g/mol. The third-order valence-electron chi connectivity index (χ3n) is 3.06. The van der Waals surface area contributed by atoms with E-state index in [-0.39, 0.29) is 43.5 Å². The van der Waals surface area contributed by atoms with Crippen LogP contribution in [0.4, 0.5) is 0 Å². The molecule has 4 heteroatoms. The molecule has 0 amide bonds. The van der Waals surface area contributed by atoms with Crippen LogP contribution in [0.2, 0.25) is 0 Å². The van der Waals surface area contributed by atoms with Gasteiger partial charge in [-0.3, -0.25) is 9.59 Å². The van der Waals surface area contributed by atoms with Gasteiger partial charge in [-0.25, -0.2) is 0 Å². The summed E-state index contributed by atoms with van der Waals surface area (Å²) in [6, 6.07) is 15.7. The smallest absolute Gasteiger partial charge is 0.481 e. The zero-order valence-electron chi connectivity index (χ0n) is 11.2. The number of carbonyl (C=O) groups excluding carboxylic acids is 1. The molecular formula is C16H14CaO3+2. The standard InChI is InChI=1S/C16H14O3.Ca/c1-11(16(18)19)13-8-5-9-14(10-13)15(17)12-6-3-2-4-7-12;/h2-11H,1H3,(H,18,19);/q;+2. The van der Waals surface area contributed by atoms with Gasteiger partial charge in [0.05, 0.1) is 5.92 Å². The summed E-state index contributed by atoms with van der Waals surface area (Å²) >= 11 is 0. The van der Waals surface area contributed by atoms with Crippen molar-refractivity contribution in [3.63, 3.8) is 0 Å². The molecule has 0 aliphatic carbocycles. The second kappa shape index (κ2) is 7.58. The van der Waals surface area contributed by atoms with Crippen LogP contribution >= 0.6 is 0 Å². The molecule has 2 aromatic rings. The van der Waals surface area contributed by atoms with Gasteiger partial charge in [-0.2, -0.15) is 0 Å². The number of carboxylic acid groups (broad SMARTS) is 1. The molecule has 2 rings (SSSR count). The van der Waals surface area contributed by atoms with Gasteiger partial charge in [-0.05, 0) is 18.6 Å². The van der Waals surface area contributed by atoms with Gasteiger partial charge in [0.2, 0.25) is 0 Å². The van der Waals surface area contributed by atoms with E-state index in [4.69, 9.17) is 5.11 Å². The second-order valence-corrected chi connectivity index (χ2v) is 4.38. The van der Waals surface area contributed by atoms with Crippen molar-refractivity contribution in [2.24, 2.45) is 0 Å². The molecule has 0 saturated carbocycles. The quantitative estimate of drug-likeness (QED) is 0.697. The van der Waals surface area contributed by atoms with Gasteiger partial charge in [-0.15, -0.1) is 0 Å². The van der Waals surface area contributed by atoms with Gasteiger partial charge in [0.1, 0.15) is 0 Å². The molecular weight excluding hydrogens is 280 g/mol. The molecule has 2 aromatic carbocycles. The van der Waals surface area contributed by atoms with E-state index in [9.17, 15) is 9.59 Å². The van der Waals surface area contributed by atoms with Crippen LogP contribution in [0.1, 0.15) is 34.3 Å². The van der Waals surface area contributed by atoms with Crippen molar-refractivity contribution in [1.82, 2.24) is 0 Å². The van der Waals surface area contributed by atoms with E-state index in [2.05, 4.69) is 0 Å². The maximum atomic E-state index is 12.2. The zero-order chi connectivity index (χ0) is 13.8. The van der Waals surface area contributed by atoms with Crippen molar-refractivity contribution < 1.29 is 14.7 Å². The molecule has 0 aliphatic rings. The van der Waals surface area contributed by atoms with Crippen molar-refractivity contribution in [3.05, 3.63) is 71.3 Å². The van der Waals surface area contributed by atoms with Gasteiger partial charge >= 0.3 is 43.7 Å². The SMILES string of the molecule is CC(C(=O)O)c1cccc(C(=O)c2ccccc2)c1.[Ca+2]. The fraction of sp³-hybridized carbons (Fsp3) is 0.125. The predicted molar refractivity (Wildman–Crippen MR) is 78.1 cm³/mol. The Morgan fingerprint density at radius 3 is 2.15 bits per heavy atom. The monoisotopic (exact) mass is 294 g/mol. The van der Waals surface area contributed by atoms with Gasteiger partial charge in [0.25, 0.3) is 0 Å². The van der Waals surface area contributed by atoms with Crippen LogP contribution in [0.25, 0.3) is 0 Å². The van der Waals surface area contributed by atoms with Crippen LogP contribution in [-0.2, 0) is 4.79 Å². The minimum Gasteiger partial charge on any atom is -0.481 e. The fourth-order valence-electron chi connectivity index (χ4n) is 1.85. The summed E-state index contributed by atoms with van der Waals surface area (Å²) in [6.45, 7) is 1.61. The Morgan fingerprint density at radius 1 is 0.950 bits per heavy atom. The Kier molecular flexibility index (Phi) is 6.40. The largest absolute Gasteiger partial charge is 2.00 e. The van der Waals surface area contributed by atoms with Crippen LogP contribution in [0.5, 0.6) is 0 Å². The van der Waals surface area contributed by atoms with Crippen LogP contribution < -0.4 is 0 Å². The van der Waals surface area contributed by atoms with E-state index < -0.39 is 11.9 Å². The van der Waals surface area contributed by atoms with Gasteiger partial charge < -0.3 is 5.11 Å². The van der Waals surface area contributed by atoms with Crippen LogP contribution in [-0.4, -0.2) is 54.6 Å². The normalized spacial score (nSPS) is 11.2. The van der Waals surface area contributed by atoms with Crippen molar-refractivity contribution in [3.8, 4) is 0 Å². The molecule has 1 unspecified atom stereocenters. The second-order valence-electron chi connectivity index (χ2n) is 4.38. The molecule has 3 nitrogen and oxygen atoms in total. The summed E-state index contributed by atoms with van der Waals surface area (Å²) < 4.78 is 0. The van der Waals surface area contributed by atoms with E-state index in [1.165, 1.54) is 0 Å². The van der Waals surface area contributed by atoms with Crippen molar-refractivity contribution in [2.75, 3.05) is 0 Å². The molecule has 0 heterocycles. The molecule has 0 radical (unpaired) electrons. The van der Waals surface area contributed by atoms with Gasteiger partial charge in [-0.1, -0.05) is 48.5 Å². The Labute approximate surface area is 147 Å². The number of aliphatic carboxylic acids is 1. The Morgan fingerprint density at radius 2 is 1.55 bits per heavy atom. The Hall–Kier alpha value is -1.16. The fourth-order valence-corrected chi connectivity index (χ4v) is 1.85. The minimum atomic E-state index is -0.899. The van der Waals surface area contributed by atoms with Crippen LogP contribution in [0.3, 0.4) is 0 Å². The van der Waals surface area contributed by atoms with Gasteiger partial charge in [0, 0.05) is 11.1 Å². The topological polar surface area (TPSA) is 54.4 Å². The number of rotatable bonds is 4. The molecule has 0 aromatic heterocycles. The van der Waals surface area contributed by atoms with E-state index in [1.54, 1.807) is 55.5 Å². The maximum absolute atomic E-state index is 12.2. The molecule has 96 valence electrons. The summed E-state index contributed by atoms with van der Waals surface area (Å²) in [4.78, 5) is 23.2. The summed E-state index contributed by atoms with van der Waals surface area (Å²) in [5, 5.41) is 9.00. The first kappa shape index (κ1) is 16.9. The van der Waals surface area contributed by atoms with Crippen molar-refractivity contribution in [1.29, 1.82) is 0 Å². The van der Waals surface area contributed by atoms with Crippen LogP contribution in [0, 0.1) is 0 Å². The zero-order valence-corrected chi connectivity index (χ0v) is 13.5. The molecule has 1 N–H and O–H groups in total. The maximum Gasteiger partial charge on any atom is 2.00 e. The van der Waals surface area contributed by atoms with Crippen LogP contribution in [0.15, 0.2) is 54.6 Å². The molecule has 0 spiro atoms. The molecule has 0 saturated heterocycles.